The van der Waals surface area contributed by atoms with Gasteiger partial charge >= 0.3 is 11.9 Å². The molecule has 0 spiro atoms. The van der Waals surface area contributed by atoms with Crippen molar-refractivity contribution in [3.63, 3.8) is 0 Å². The standard InChI is InChI=1S/C46H82O12S/c1-3-5-7-9-11-13-15-17-19-20-21-23-25-27-29-31-33-35-42(48)57-39(37-56-46-45(51)44(50)43(49)40(58-46)38-59(52,53)54)36-55-41(47)34-32-30-28-26-24-22-18-16-14-12-10-8-6-4-2/h11,13,16-19,39-40,43-46,49-51H,3-10,12,14-15,20-38H2,1-2H3,(H,52,53,54)/b13-11-,18-16-,19-17-. The van der Waals surface area contributed by atoms with E-state index < -0.39 is 71.2 Å². The summed E-state index contributed by atoms with van der Waals surface area (Å²) in [5, 5.41) is 30.9. The van der Waals surface area contributed by atoms with Crippen LogP contribution in [0, 0.1) is 0 Å². The summed E-state index contributed by atoms with van der Waals surface area (Å²) in [6.45, 7) is 3.71. The molecule has 1 heterocycles. The summed E-state index contributed by atoms with van der Waals surface area (Å²) in [5.74, 6) is -2.00. The second-order valence-electron chi connectivity index (χ2n) is 16.1. The third kappa shape index (κ3) is 31.4. The molecule has 0 aliphatic carbocycles. The predicted octanol–water partition coefficient (Wildman–Crippen LogP) is 9.39. The van der Waals surface area contributed by atoms with Gasteiger partial charge in [-0.1, -0.05) is 140 Å². The van der Waals surface area contributed by atoms with Gasteiger partial charge in [-0.25, -0.2) is 0 Å². The van der Waals surface area contributed by atoms with Crippen LogP contribution in [0.4, 0.5) is 0 Å². The number of unbranched alkanes of at least 4 members (excludes halogenated alkanes) is 20. The van der Waals surface area contributed by atoms with Gasteiger partial charge in [0.05, 0.1) is 6.61 Å². The number of aliphatic hydroxyl groups is 3. The van der Waals surface area contributed by atoms with Gasteiger partial charge < -0.3 is 34.3 Å². The predicted molar refractivity (Wildman–Crippen MR) is 233 cm³/mol. The molecule has 59 heavy (non-hydrogen) atoms. The highest BCUT2D eigenvalue weighted by Gasteiger charge is 2.46. The number of aliphatic hydroxyl groups excluding tert-OH is 3. The Labute approximate surface area is 357 Å². The summed E-state index contributed by atoms with van der Waals surface area (Å²) in [7, 11) is -4.60. The molecule has 0 aromatic carbocycles. The largest absolute Gasteiger partial charge is 0.462 e. The van der Waals surface area contributed by atoms with Crippen LogP contribution in [0.1, 0.15) is 187 Å². The molecule has 0 amide bonds. The van der Waals surface area contributed by atoms with Crippen molar-refractivity contribution in [2.75, 3.05) is 19.0 Å². The van der Waals surface area contributed by atoms with Crippen molar-refractivity contribution in [1.29, 1.82) is 0 Å². The smallest absolute Gasteiger partial charge is 0.306 e. The zero-order valence-corrected chi connectivity index (χ0v) is 37.4. The Morgan fingerprint density at radius 3 is 1.54 bits per heavy atom. The quantitative estimate of drug-likeness (QED) is 0.0200. The number of rotatable bonds is 38. The highest BCUT2D eigenvalue weighted by Crippen LogP contribution is 2.24. The fourth-order valence-electron chi connectivity index (χ4n) is 6.82. The van der Waals surface area contributed by atoms with Crippen molar-refractivity contribution in [3.05, 3.63) is 36.5 Å². The summed E-state index contributed by atoms with van der Waals surface area (Å²) in [4.78, 5) is 25.4. The van der Waals surface area contributed by atoms with Crippen LogP contribution >= 0.6 is 0 Å². The van der Waals surface area contributed by atoms with E-state index in [1.165, 1.54) is 64.2 Å². The molecule has 6 unspecified atom stereocenters. The molecule has 0 saturated carbocycles. The minimum Gasteiger partial charge on any atom is -0.462 e. The molecule has 1 aliphatic rings. The molecule has 1 rings (SSSR count). The van der Waals surface area contributed by atoms with E-state index in [9.17, 15) is 37.9 Å². The van der Waals surface area contributed by atoms with Gasteiger partial charge in [-0.15, -0.1) is 0 Å². The summed E-state index contributed by atoms with van der Waals surface area (Å²) in [6, 6.07) is 0. The number of carbonyl (C=O) groups is 2. The first-order valence-electron chi connectivity index (χ1n) is 23.0. The van der Waals surface area contributed by atoms with Gasteiger partial charge in [-0.3, -0.25) is 14.1 Å². The molecule has 1 fully saturated rings. The number of carbonyl (C=O) groups excluding carboxylic acids is 2. The van der Waals surface area contributed by atoms with E-state index >= 15 is 0 Å². The van der Waals surface area contributed by atoms with Gasteiger partial charge in [-0.05, 0) is 70.6 Å². The molecule has 6 atom stereocenters. The summed E-state index contributed by atoms with van der Waals surface area (Å²) >= 11 is 0. The average molecular weight is 859 g/mol. The van der Waals surface area contributed by atoms with E-state index in [0.717, 1.165) is 83.5 Å². The van der Waals surface area contributed by atoms with Crippen LogP contribution in [0.25, 0.3) is 0 Å². The van der Waals surface area contributed by atoms with Gasteiger partial charge in [0.25, 0.3) is 10.1 Å². The Bertz CT molecular complexity index is 1240. The molecule has 1 aliphatic heterocycles. The van der Waals surface area contributed by atoms with Crippen LogP contribution in [0.2, 0.25) is 0 Å². The van der Waals surface area contributed by atoms with Crippen molar-refractivity contribution in [2.45, 2.75) is 224 Å². The molecule has 0 radical (unpaired) electrons. The summed E-state index contributed by atoms with van der Waals surface area (Å²) in [5.41, 5.74) is 0. The number of ether oxygens (including phenoxy) is 4. The van der Waals surface area contributed by atoms with Gasteiger partial charge in [-0.2, -0.15) is 8.42 Å². The molecular weight excluding hydrogens is 777 g/mol. The van der Waals surface area contributed by atoms with E-state index in [1.54, 1.807) is 0 Å². The van der Waals surface area contributed by atoms with Gasteiger partial charge in [0.15, 0.2) is 12.4 Å². The maximum absolute atomic E-state index is 12.8. The van der Waals surface area contributed by atoms with Crippen molar-refractivity contribution < 1.29 is 56.8 Å². The molecule has 0 aromatic heterocycles. The van der Waals surface area contributed by atoms with Gasteiger partial charge in [0.1, 0.15) is 36.8 Å². The average Bonchev–Trinajstić information content (AvgIpc) is 3.20. The lowest BCUT2D eigenvalue weighted by Crippen LogP contribution is -2.60. The summed E-state index contributed by atoms with van der Waals surface area (Å²) < 4.78 is 54.1. The van der Waals surface area contributed by atoms with E-state index in [2.05, 4.69) is 50.3 Å². The van der Waals surface area contributed by atoms with Crippen LogP contribution in [0.3, 0.4) is 0 Å². The Balaban J connectivity index is 2.45. The molecule has 0 aromatic rings. The second-order valence-corrected chi connectivity index (χ2v) is 17.6. The summed E-state index contributed by atoms with van der Waals surface area (Å²) in [6.07, 6.45) is 31.8. The fourth-order valence-corrected chi connectivity index (χ4v) is 7.51. The number of hydrogen-bond acceptors (Lipinski definition) is 11. The minimum absolute atomic E-state index is 0.154. The molecular formula is C46H82O12S. The normalized spacial score (nSPS) is 20.5. The highest BCUT2D eigenvalue weighted by molar-refractivity contribution is 7.85. The fraction of sp³-hybridized carbons (Fsp3) is 0.826. The molecule has 1 saturated heterocycles. The second kappa shape index (κ2) is 36.5. The van der Waals surface area contributed by atoms with Crippen molar-refractivity contribution in [3.8, 4) is 0 Å². The van der Waals surface area contributed by atoms with E-state index in [-0.39, 0.29) is 19.4 Å². The first kappa shape index (κ1) is 54.9. The van der Waals surface area contributed by atoms with E-state index in [4.69, 9.17) is 18.9 Å². The zero-order chi connectivity index (χ0) is 43.4. The van der Waals surface area contributed by atoms with Crippen molar-refractivity contribution in [1.82, 2.24) is 0 Å². The molecule has 12 nitrogen and oxygen atoms in total. The van der Waals surface area contributed by atoms with E-state index in [1.807, 2.05) is 0 Å². The topological polar surface area (TPSA) is 186 Å². The van der Waals surface area contributed by atoms with Crippen LogP contribution in [-0.2, 0) is 38.7 Å². The molecule has 344 valence electrons. The lowest BCUT2D eigenvalue weighted by atomic mass is 10.00. The minimum atomic E-state index is -4.60. The first-order chi connectivity index (χ1) is 28.5. The van der Waals surface area contributed by atoms with Gasteiger partial charge in [0.2, 0.25) is 0 Å². The third-order valence-electron chi connectivity index (χ3n) is 10.4. The Kier molecular flexibility index (Phi) is 34.0. The van der Waals surface area contributed by atoms with Crippen LogP contribution < -0.4 is 0 Å². The monoisotopic (exact) mass is 859 g/mol. The van der Waals surface area contributed by atoms with Crippen molar-refractivity contribution in [2.24, 2.45) is 0 Å². The maximum atomic E-state index is 12.8. The van der Waals surface area contributed by atoms with E-state index in [0.29, 0.717) is 12.8 Å². The van der Waals surface area contributed by atoms with Crippen LogP contribution in [0.15, 0.2) is 36.5 Å². The first-order valence-corrected chi connectivity index (χ1v) is 24.7. The highest BCUT2D eigenvalue weighted by atomic mass is 32.2. The molecule has 13 heteroatoms. The SMILES string of the molecule is CCCCC/C=C\C/C=C\CCCCCCCCCC(=O)OC(COC(=O)CCCCCCC/C=C\CCCCCCC)COC1OC(CS(=O)(=O)O)C(O)C(O)C1O. The number of hydrogen-bond donors (Lipinski definition) is 4. The molecule has 4 N–H and O–H groups in total. The zero-order valence-electron chi connectivity index (χ0n) is 36.6. The third-order valence-corrected chi connectivity index (χ3v) is 11.2. The van der Waals surface area contributed by atoms with Crippen molar-refractivity contribution >= 4 is 22.1 Å². The lowest BCUT2D eigenvalue weighted by molar-refractivity contribution is -0.297. The lowest BCUT2D eigenvalue weighted by Gasteiger charge is -2.40. The maximum Gasteiger partial charge on any atom is 0.306 e. The Hall–Kier alpha value is -2.13. The Morgan fingerprint density at radius 2 is 1.02 bits per heavy atom. The Morgan fingerprint density at radius 1 is 0.576 bits per heavy atom. The van der Waals surface area contributed by atoms with Crippen LogP contribution in [-0.4, -0.2) is 96.0 Å². The number of allylic oxidation sites excluding steroid dienone is 6. The molecule has 0 bridgehead atoms. The van der Waals surface area contributed by atoms with Gasteiger partial charge in [0, 0.05) is 12.8 Å². The number of esters is 2. The van der Waals surface area contributed by atoms with Crippen LogP contribution in [0.5, 0.6) is 0 Å².